The molecular formula is C17H18F3N5O3. The highest BCUT2D eigenvalue weighted by Crippen LogP contribution is 2.29. The standard InChI is InChI=1S/C17H18F3N5O3/c1-24-15(26)8-11-10-25(6-4-13(11)23-24)16(27)21-5-7-28-14-3-2-12(9-22-14)17(18,19)20/h2-3,8-9H,4-7,10H2,1H3,(H,21,27). The molecule has 1 aliphatic rings. The highest BCUT2D eigenvalue weighted by atomic mass is 19.4. The molecule has 8 nitrogen and oxygen atoms in total. The first-order chi connectivity index (χ1) is 13.2. The molecular weight excluding hydrogens is 379 g/mol. The number of urea groups is 1. The first kappa shape index (κ1) is 19.6. The third-order valence-corrected chi connectivity index (χ3v) is 4.22. The van der Waals surface area contributed by atoms with Crippen LogP contribution in [0.1, 0.15) is 16.8 Å². The first-order valence-corrected chi connectivity index (χ1v) is 8.49. The number of carbonyl (C=O) groups is 1. The van der Waals surface area contributed by atoms with Crippen LogP contribution in [0.2, 0.25) is 0 Å². The number of hydrogen-bond donors (Lipinski definition) is 1. The second-order valence-electron chi connectivity index (χ2n) is 6.21. The third-order valence-electron chi connectivity index (χ3n) is 4.22. The lowest BCUT2D eigenvalue weighted by atomic mass is 10.1. The Morgan fingerprint density at radius 3 is 2.82 bits per heavy atom. The molecule has 2 amide bonds. The van der Waals surface area contributed by atoms with Crippen molar-refractivity contribution in [3.05, 3.63) is 51.6 Å². The van der Waals surface area contributed by atoms with E-state index in [-0.39, 0.29) is 37.2 Å². The van der Waals surface area contributed by atoms with Crippen LogP contribution in [0.25, 0.3) is 0 Å². The van der Waals surface area contributed by atoms with Crippen LogP contribution in [0, 0.1) is 0 Å². The molecule has 1 aliphatic heterocycles. The first-order valence-electron chi connectivity index (χ1n) is 8.49. The summed E-state index contributed by atoms with van der Waals surface area (Å²) >= 11 is 0. The average Bonchev–Trinajstić information content (AvgIpc) is 2.65. The minimum atomic E-state index is -4.45. The SMILES string of the molecule is Cn1nc2c(cc1=O)CN(C(=O)NCCOc1ccc(C(F)(F)F)cn1)CC2. The highest BCUT2D eigenvalue weighted by Gasteiger charge is 2.30. The van der Waals surface area contributed by atoms with E-state index in [0.29, 0.717) is 19.2 Å². The summed E-state index contributed by atoms with van der Waals surface area (Å²) in [7, 11) is 1.58. The Kier molecular flexibility index (Phi) is 5.52. The van der Waals surface area contributed by atoms with Crippen LogP contribution in [-0.4, -0.2) is 45.4 Å². The Balaban J connectivity index is 1.46. The fraction of sp³-hybridized carbons (Fsp3) is 0.412. The number of halogens is 3. The minimum absolute atomic E-state index is 0.0380. The second-order valence-corrected chi connectivity index (χ2v) is 6.21. The summed E-state index contributed by atoms with van der Waals surface area (Å²) in [6, 6.07) is 3.15. The van der Waals surface area contributed by atoms with Gasteiger partial charge in [0.25, 0.3) is 5.56 Å². The van der Waals surface area contributed by atoms with Crippen molar-refractivity contribution in [2.24, 2.45) is 7.05 Å². The summed E-state index contributed by atoms with van der Waals surface area (Å²) in [5, 5.41) is 6.85. The molecule has 0 saturated heterocycles. The normalized spacial score (nSPS) is 13.8. The molecule has 0 atom stereocenters. The Morgan fingerprint density at radius 2 is 2.14 bits per heavy atom. The fourth-order valence-corrected chi connectivity index (χ4v) is 2.73. The van der Waals surface area contributed by atoms with Crippen molar-refractivity contribution < 1.29 is 22.7 Å². The van der Waals surface area contributed by atoms with Crippen LogP contribution in [0.5, 0.6) is 5.88 Å². The molecule has 0 spiro atoms. The van der Waals surface area contributed by atoms with Crippen molar-refractivity contribution in [2.75, 3.05) is 19.7 Å². The molecule has 0 aliphatic carbocycles. The topological polar surface area (TPSA) is 89.4 Å². The quantitative estimate of drug-likeness (QED) is 0.787. The molecule has 2 aromatic rings. The highest BCUT2D eigenvalue weighted by molar-refractivity contribution is 5.74. The monoisotopic (exact) mass is 397 g/mol. The predicted molar refractivity (Wildman–Crippen MR) is 91.7 cm³/mol. The van der Waals surface area contributed by atoms with Crippen molar-refractivity contribution in [2.45, 2.75) is 19.1 Å². The molecule has 11 heteroatoms. The average molecular weight is 397 g/mol. The van der Waals surface area contributed by atoms with Gasteiger partial charge in [0.15, 0.2) is 0 Å². The number of hydrogen-bond acceptors (Lipinski definition) is 5. The van der Waals surface area contributed by atoms with Crippen LogP contribution in [0.15, 0.2) is 29.2 Å². The number of alkyl halides is 3. The van der Waals surface area contributed by atoms with Gasteiger partial charge in [-0.05, 0) is 6.07 Å². The molecule has 3 heterocycles. The summed E-state index contributed by atoms with van der Waals surface area (Å²) in [5.41, 5.74) is 0.416. The predicted octanol–water partition coefficient (Wildman–Crippen LogP) is 1.34. The Labute approximate surface area is 157 Å². The number of nitrogens with zero attached hydrogens (tertiary/aromatic N) is 4. The van der Waals surface area contributed by atoms with E-state index in [2.05, 4.69) is 15.4 Å². The van der Waals surface area contributed by atoms with Gasteiger partial charge in [-0.1, -0.05) is 0 Å². The number of aryl methyl sites for hydroxylation is 1. The number of fused-ring (bicyclic) bond motifs is 1. The lowest BCUT2D eigenvalue weighted by Gasteiger charge is -2.28. The number of amides is 2. The van der Waals surface area contributed by atoms with E-state index in [1.807, 2.05) is 0 Å². The van der Waals surface area contributed by atoms with E-state index >= 15 is 0 Å². The van der Waals surface area contributed by atoms with Gasteiger partial charge >= 0.3 is 12.2 Å². The zero-order valence-electron chi connectivity index (χ0n) is 15.0. The summed E-state index contributed by atoms with van der Waals surface area (Å²) in [4.78, 5) is 29.1. The minimum Gasteiger partial charge on any atom is -0.476 e. The fourth-order valence-electron chi connectivity index (χ4n) is 2.73. The molecule has 2 aromatic heterocycles. The number of pyridine rings is 1. The zero-order valence-corrected chi connectivity index (χ0v) is 15.0. The van der Waals surface area contributed by atoms with Crippen LogP contribution in [0.4, 0.5) is 18.0 Å². The zero-order chi connectivity index (χ0) is 20.3. The van der Waals surface area contributed by atoms with Crippen LogP contribution >= 0.6 is 0 Å². The molecule has 150 valence electrons. The van der Waals surface area contributed by atoms with Gasteiger partial charge in [0.05, 0.1) is 17.8 Å². The molecule has 1 N–H and O–H groups in total. The number of carbonyl (C=O) groups excluding carboxylic acids is 1. The summed E-state index contributed by atoms with van der Waals surface area (Å²) in [5.74, 6) is 0.0380. The molecule has 0 bridgehead atoms. The van der Waals surface area contributed by atoms with E-state index < -0.39 is 11.7 Å². The summed E-state index contributed by atoms with van der Waals surface area (Å²) in [6.07, 6.45) is -3.22. The van der Waals surface area contributed by atoms with Gasteiger partial charge in [-0.2, -0.15) is 18.3 Å². The number of nitrogens with one attached hydrogen (secondary N) is 1. The molecule has 3 rings (SSSR count). The molecule has 0 aromatic carbocycles. The summed E-state index contributed by atoms with van der Waals surface area (Å²) in [6.45, 7) is 0.952. The lowest BCUT2D eigenvalue weighted by Crippen LogP contribution is -2.44. The van der Waals surface area contributed by atoms with Gasteiger partial charge in [-0.3, -0.25) is 4.79 Å². The molecule has 0 saturated carbocycles. The van der Waals surface area contributed by atoms with Crippen molar-refractivity contribution in [1.82, 2.24) is 25.0 Å². The van der Waals surface area contributed by atoms with E-state index in [0.717, 1.165) is 23.4 Å². The van der Waals surface area contributed by atoms with Crippen molar-refractivity contribution >= 4 is 6.03 Å². The maximum absolute atomic E-state index is 12.5. The summed E-state index contributed by atoms with van der Waals surface area (Å²) < 4.78 is 43.9. The Morgan fingerprint density at radius 1 is 1.36 bits per heavy atom. The van der Waals surface area contributed by atoms with Crippen LogP contribution in [0.3, 0.4) is 0 Å². The van der Waals surface area contributed by atoms with Crippen LogP contribution < -0.4 is 15.6 Å². The van der Waals surface area contributed by atoms with Crippen LogP contribution in [-0.2, 0) is 26.2 Å². The lowest BCUT2D eigenvalue weighted by molar-refractivity contribution is -0.137. The van der Waals surface area contributed by atoms with Crippen molar-refractivity contribution in [3.8, 4) is 5.88 Å². The maximum Gasteiger partial charge on any atom is 0.417 e. The van der Waals surface area contributed by atoms with Crippen molar-refractivity contribution in [1.29, 1.82) is 0 Å². The second kappa shape index (κ2) is 7.87. The van der Waals surface area contributed by atoms with Gasteiger partial charge < -0.3 is 15.0 Å². The third kappa shape index (κ3) is 4.59. The number of ether oxygens (including phenoxy) is 1. The number of aromatic nitrogens is 3. The maximum atomic E-state index is 12.5. The van der Waals surface area contributed by atoms with Gasteiger partial charge in [-0.15, -0.1) is 0 Å². The van der Waals surface area contributed by atoms with Gasteiger partial charge in [-0.25, -0.2) is 14.5 Å². The smallest absolute Gasteiger partial charge is 0.417 e. The number of rotatable bonds is 4. The van der Waals surface area contributed by atoms with E-state index in [4.69, 9.17) is 4.74 Å². The Bertz CT molecular complexity index is 912. The van der Waals surface area contributed by atoms with Gasteiger partial charge in [0.1, 0.15) is 6.61 Å². The van der Waals surface area contributed by atoms with Gasteiger partial charge in [0.2, 0.25) is 5.88 Å². The Hall–Kier alpha value is -3.11. The van der Waals surface area contributed by atoms with E-state index in [1.165, 1.54) is 10.7 Å². The molecule has 0 unspecified atom stereocenters. The molecule has 28 heavy (non-hydrogen) atoms. The van der Waals surface area contributed by atoms with Crippen molar-refractivity contribution in [3.63, 3.8) is 0 Å². The van der Waals surface area contributed by atoms with E-state index in [1.54, 1.807) is 11.9 Å². The molecule has 0 radical (unpaired) electrons. The molecule has 0 fully saturated rings. The van der Waals surface area contributed by atoms with E-state index in [9.17, 15) is 22.8 Å². The van der Waals surface area contributed by atoms with Gasteiger partial charge in [0, 0.05) is 50.5 Å². The largest absolute Gasteiger partial charge is 0.476 e.